The van der Waals surface area contributed by atoms with Crippen LogP contribution in [-0.4, -0.2) is 48.9 Å². The first-order valence-electron chi connectivity index (χ1n) is 7.97. The molecule has 23 heavy (non-hydrogen) atoms. The third-order valence-electron chi connectivity index (χ3n) is 4.36. The van der Waals surface area contributed by atoms with Crippen LogP contribution in [0.4, 0.5) is 4.79 Å². The summed E-state index contributed by atoms with van der Waals surface area (Å²) in [5.74, 6) is 1.37. The van der Waals surface area contributed by atoms with E-state index in [2.05, 4.69) is 5.32 Å². The van der Waals surface area contributed by atoms with Crippen LogP contribution in [0.25, 0.3) is 0 Å². The molecule has 0 radical (unpaired) electrons. The zero-order valence-corrected chi connectivity index (χ0v) is 14.1. The summed E-state index contributed by atoms with van der Waals surface area (Å²) in [6, 6.07) is 5.36. The summed E-state index contributed by atoms with van der Waals surface area (Å²) < 4.78 is 10.5. The number of amides is 2. The second-order valence-electron chi connectivity index (χ2n) is 5.98. The van der Waals surface area contributed by atoms with Crippen LogP contribution in [0.3, 0.4) is 0 Å². The van der Waals surface area contributed by atoms with Crippen LogP contribution in [0, 0.1) is 0 Å². The highest BCUT2D eigenvalue weighted by Gasteiger charge is 2.33. The lowest BCUT2D eigenvalue weighted by Crippen LogP contribution is -2.52. The summed E-state index contributed by atoms with van der Waals surface area (Å²) in [6.45, 7) is 3.39. The molecule has 2 amide bonds. The Balaban J connectivity index is 1.96. The van der Waals surface area contributed by atoms with E-state index in [1.54, 1.807) is 25.2 Å². The molecule has 1 unspecified atom stereocenters. The number of urea groups is 1. The highest BCUT2D eigenvalue weighted by Crippen LogP contribution is 2.25. The predicted octanol–water partition coefficient (Wildman–Crippen LogP) is 2.15. The van der Waals surface area contributed by atoms with E-state index in [4.69, 9.17) is 9.47 Å². The van der Waals surface area contributed by atoms with Gasteiger partial charge in [0.2, 0.25) is 0 Å². The van der Waals surface area contributed by atoms with E-state index >= 15 is 0 Å². The van der Waals surface area contributed by atoms with Gasteiger partial charge in [0.05, 0.1) is 26.4 Å². The molecule has 6 nitrogen and oxygen atoms in total. The van der Waals surface area contributed by atoms with Crippen LogP contribution in [0.15, 0.2) is 18.2 Å². The molecular weight excluding hydrogens is 296 g/mol. The number of aliphatic hydroxyl groups is 1. The Morgan fingerprint density at radius 3 is 2.52 bits per heavy atom. The summed E-state index contributed by atoms with van der Waals surface area (Å²) in [7, 11) is 3.19. The van der Waals surface area contributed by atoms with Gasteiger partial charge in [-0.05, 0) is 37.0 Å². The molecule has 1 aromatic carbocycles. The number of benzene rings is 1. The molecule has 0 spiro atoms. The van der Waals surface area contributed by atoms with Crippen molar-refractivity contribution in [3.05, 3.63) is 23.8 Å². The van der Waals surface area contributed by atoms with Gasteiger partial charge < -0.3 is 24.8 Å². The zero-order valence-electron chi connectivity index (χ0n) is 14.1. The number of hydrogen-bond donors (Lipinski definition) is 2. The van der Waals surface area contributed by atoms with Gasteiger partial charge in [0, 0.05) is 19.2 Å². The van der Waals surface area contributed by atoms with Crippen molar-refractivity contribution >= 4 is 6.03 Å². The fourth-order valence-electron chi connectivity index (χ4n) is 2.83. The zero-order chi connectivity index (χ0) is 16.9. The van der Waals surface area contributed by atoms with Gasteiger partial charge in [0.25, 0.3) is 0 Å². The summed E-state index contributed by atoms with van der Waals surface area (Å²) in [5, 5.41) is 13.3. The minimum atomic E-state index is -0.755. The fourth-order valence-corrected chi connectivity index (χ4v) is 2.83. The van der Waals surface area contributed by atoms with Crippen molar-refractivity contribution in [1.29, 1.82) is 0 Å². The van der Waals surface area contributed by atoms with Crippen LogP contribution in [0.5, 0.6) is 11.5 Å². The van der Waals surface area contributed by atoms with Gasteiger partial charge in [-0.1, -0.05) is 6.92 Å². The monoisotopic (exact) mass is 322 g/mol. The van der Waals surface area contributed by atoms with Gasteiger partial charge in [0.15, 0.2) is 0 Å². The Labute approximate surface area is 137 Å². The molecule has 1 aliphatic rings. The number of methoxy groups -OCH3 is 2. The third kappa shape index (κ3) is 4.51. The summed E-state index contributed by atoms with van der Waals surface area (Å²) >= 11 is 0. The number of likely N-dealkylation sites (tertiary alicyclic amines) is 1. The average molecular weight is 322 g/mol. The van der Waals surface area contributed by atoms with Crippen molar-refractivity contribution in [3.8, 4) is 11.5 Å². The van der Waals surface area contributed by atoms with E-state index in [1.807, 2.05) is 19.1 Å². The van der Waals surface area contributed by atoms with Crippen molar-refractivity contribution < 1.29 is 19.4 Å². The molecule has 128 valence electrons. The van der Waals surface area contributed by atoms with Gasteiger partial charge in [0.1, 0.15) is 11.5 Å². The molecule has 1 heterocycles. The molecule has 1 atom stereocenters. The maximum atomic E-state index is 12.3. The highest BCUT2D eigenvalue weighted by molar-refractivity contribution is 5.74. The Morgan fingerprint density at radius 2 is 1.96 bits per heavy atom. The molecule has 6 heteroatoms. The summed E-state index contributed by atoms with van der Waals surface area (Å²) in [5.41, 5.74) is 0.145. The Bertz CT molecular complexity index is 527. The number of nitrogens with zero attached hydrogens (tertiary/aromatic N) is 1. The molecule has 2 N–H and O–H groups in total. The van der Waals surface area contributed by atoms with E-state index in [0.717, 1.165) is 18.4 Å². The van der Waals surface area contributed by atoms with Gasteiger partial charge in [-0.3, -0.25) is 0 Å². The number of carbonyl (C=O) groups excluding carboxylic acids is 1. The van der Waals surface area contributed by atoms with Crippen molar-refractivity contribution in [3.63, 3.8) is 0 Å². The molecule has 1 fully saturated rings. The quantitative estimate of drug-likeness (QED) is 0.871. The van der Waals surface area contributed by atoms with Gasteiger partial charge >= 0.3 is 6.03 Å². The molecule has 0 aliphatic carbocycles. The second-order valence-corrected chi connectivity index (χ2v) is 5.98. The number of β-amino-alcohol motifs (C(OH)–C–C–N with tert-alkyl or cyclic N) is 1. The van der Waals surface area contributed by atoms with Crippen molar-refractivity contribution in [2.24, 2.45) is 0 Å². The van der Waals surface area contributed by atoms with Crippen molar-refractivity contribution in [2.75, 3.05) is 27.3 Å². The number of piperidine rings is 1. The number of ether oxygens (including phenoxy) is 2. The predicted molar refractivity (Wildman–Crippen MR) is 87.8 cm³/mol. The minimum Gasteiger partial charge on any atom is -0.497 e. The molecule has 0 bridgehead atoms. The van der Waals surface area contributed by atoms with E-state index in [-0.39, 0.29) is 6.03 Å². The number of carbonyl (C=O) groups is 1. The van der Waals surface area contributed by atoms with E-state index < -0.39 is 5.60 Å². The van der Waals surface area contributed by atoms with Crippen LogP contribution in [0.1, 0.15) is 31.7 Å². The van der Waals surface area contributed by atoms with Crippen LogP contribution >= 0.6 is 0 Å². The van der Waals surface area contributed by atoms with Crippen molar-refractivity contribution in [1.82, 2.24) is 10.2 Å². The number of rotatable bonds is 5. The highest BCUT2D eigenvalue weighted by atomic mass is 16.5. The molecule has 0 aromatic heterocycles. The van der Waals surface area contributed by atoms with Gasteiger partial charge in [-0.25, -0.2) is 4.79 Å². The lowest BCUT2D eigenvalue weighted by atomic mass is 9.90. The standard InChI is InChI=1S/C17H26N2O4/c1-4-17(21)6-5-7-19(12-17)16(20)18-11-13-8-14(22-2)10-15(9-13)23-3/h8-10,21H,4-7,11-12H2,1-3H3,(H,18,20). The topological polar surface area (TPSA) is 71.0 Å². The Kier molecular flexibility index (Phi) is 5.71. The first-order chi connectivity index (χ1) is 11.0. The number of nitrogens with one attached hydrogen (secondary N) is 1. The maximum Gasteiger partial charge on any atom is 0.317 e. The number of hydrogen-bond acceptors (Lipinski definition) is 4. The van der Waals surface area contributed by atoms with Crippen LogP contribution < -0.4 is 14.8 Å². The molecule has 2 rings (SSSR count). The smallest absolute Gasteiger partial charge is 0.317 e. The summed E-state index contributed by atoms with van der Waals surface area (Å²) in [6.07, 6.45) is 2.23. The third-order valence-corrected chi connectivity index (χ3v) is 4.36. The van der Waals surface area contributed by atoms with Crippen molar-refractivity contribution in [2.45, 2.75) is 38.3 Å². The fraction of sp³-hybridized carbons (Fsp3) is 0.588. The lowest BCUT2D eigenvalue weighted by Gasteiger charge is -2.38. The van der Waals surface area contributed by atoms with E-state index in [0.29, 0.717) is 37.6 Å². The largest absolute Gasteiger partial charge is 0.497 e. The average Bonchev–Trinajstić information content (AvgIpc) is 2.59. The van der Waals surface area contributed by atoms with Crippen LogP contribution in [0.2, 0.25) is 0 Å². The maximum absolute atomic E-state index is 12.3. The first-order valence-corrected chi connectivity index (χ1v) is 7.97. The molecule has 1 saturated heterocycles. The van der Waals surface area contributed by atoms with E-state index in [9.17, 15) is 9.90 Å². The Hall–Kier alpha value is -1.95. The Morgan fingerprint density at radius 1 is 1.30 bits per heavy atom. The molecular formula is C17H26N2O4. The SMILES string of the molecule is CCC1(O)CCCN(C(=O)NCc2cc(OC)cc(OC)c2)C1. The lowest BCUT2D eigenvalue weighted by molar-refractivity contribution is -0.0211. The normalized spacial score (nSPS) is 21.0. The van der Waals surface area contributed by atoms with Gasteiger partial charge in [-0.2, -0.15) is 0 Å². The molecule has 1 aliphatic heterocycles. The van der Waals surface area contributed by atoms with Crippen LogP contribution in [-0.2, 0) is 6.54 Å². The van der Waals surface area contributed by atoms with E-state index in [1.165, 1.54) is 0 Å². The molecule has 1 aromatic rings. The molecule has 0 saturated carbocycles. The second kappa shape index (κ2) is 7.55. The summed E-state index contributed by atoms with van der Waals surface area (Å²) in [4.78, 5) is 14.0. The minimum absolute atomic E-state index is 0.154. The first kappa shape index (κ1) is 17.4. The van der Waals surface area contributed by atoms with Gasteiger partial charge in [-0.15, -0.1) is 0 Å².